The molecule has 0 bridgehead atoms. The molecule has 4 aromatic heterocycles. The van der Waals surface area contributed by atoms with Crippen LogP contribution in [0.15, 0.2) is 152 Å². The highest BCUT2D eigenvalue weighted by Crippen LogP contribution is 2.42. The second-order valence-electron chi connectivity index (χ2n) is 11.6. The Morgan fingerprint density at radius 2 is 1.20 bits per heavy atom. The zero-order chi connectivity index (χ0) is 29.5. The van der Waals surface area contributed by atoms with E-state index in [1.54, 1.807) is 0 Å². The molecule has 0 fully saturated rings. The fourth-order valence-electron chi connectivity index (χ4n) is 7.15. The lowest BCUT2D eigenvalue weighted by Gasteiger charge is -2.11. The largest absolute Gasteiger partial charge is 0.309 e. The van der Waals surface area contributed by atoms with Gasteiger partial charge in [0.15, 0.2) is 5.65 Å². The van der Waals surface area contributed by atoms with Crippen LogP contribution in [0.1, 0.15) is 0 Å². The molecule has 0 aliphatic carbocycles. The van der Waals surface area contributed by atoms with Gasteiger partial charge in [0.2, 0.25) is 0 Å². The van der Waals surface area contributed by atoms with Crippen LogP contribution in [-0.4, -0.2) is 14.0 Å². The van der Waals surface area contributed by atoms with Crippen molar-refractivity contribution in [1.82, 2.24) is 14.0 Å². The van der Waals surface area contributed by atoms with Gasteiger partial charge in [0.05, 0.1) is 32.5 Å². The maximum atomic E-state index is 5.15. The zero-order valence-electron chi connectivity index (χ0n) is 24.2. The Bertz CT molecular complexity index is 2750. The maximum absolute atomic E-state index is 5.15. The van der Waals surface area contributed by atoms with Crippen LogP contribution < -0.4 is 0 Å². The second-order valence-corrected chi connectivity index (χ2v) is 12.6. The number of fused-ring (bicyclic) bond motifs is 10. The number of rotatable bonds is 3. The molecule has 4 heteroatoms. The predicted molar refractivity (Wildman–Crippen MR) is 191 cm³/mol. The lowest BCUT2D eigenvalue weighted by molar-refractivity contribution is 1.18. The number of pyridine rings is 1. The van der Waals surface area contributed by atoms with Gasteiger partial charge < -0.3 is 4.57 Å². The first-order valence-corrected chi connectivity index (χ1v) is 16.0. The van der Waals surface area contributed by atoms with Crippen LogP contribution in [0, 0.1) is 0 Å². The highest BCUT2D eigenvalue weighted by atomic mass is 32.1. The molecule has 0 atom stereocenters. The van der Waals surface area contributed by atoms with E-state index in [1.165, 1.54) is 64.4 Å². The average molecular weight is 592 g/mol. The quantitative estimate of drug-likeness (QED) is 0.200. The Kier molecular flexibility index (Phi) is 5.16. The summed E-state index contributed by atoms with van der Waals surface area (Å²) in [4.78, 5) is 5.15. The van der Waals surface area contributed by atoms with Crippen molar-refractivity contribution in [2.24, 2.45) is 0 Å². The normalized spacial score (nSPS) is 12.0. The Morgan fingerprint density at radius 1 is 0.511 bits per heavy atom. The zero-order valence-corrected chi connectivity index (χ0v) is 25.0. The number of hydrogen-bond donors (Lipinski definition) is 0. The van der Waals surface area contributed by atoms with E-state index in [2.05, 4.69) is 161 Å². The molecule has 0 unspecified atom stereocenters. The summed E-state index contributed by atoms with van der Waals surface area (Å²) < 4.78 is 7.24. The van der Waals surface area contributed by atoms with E-state index in [4.69, 9.17) is 4.98 Å². The number of hydrogen-bond acceptors (Lipinski definition) is 2. The van der Waals surface area contributed by atoms with Gasteiger partial charge in [0.1, 0.15) is 0 Å². The van der Waals surface area contributed by atoms with Gasteiger partial charge >= 0.3 is 0 Å². The molecular formula is C41H25N3S. The lowest BCUT2D eigenvalue weighted by Crippen LogP contribution is -1.93. The highest BCUT2D eigenvalue weighted by Gasteiger charge is 2.19. The SMILES string of the molecule is c1ccc(-n2c3ccccc3c3c(-c4ccc(-c5cc6c7ccccc7sc6c6nc7ccccc7n56)cc4)cccc32)cc1. The standard InChI is InChI=1S/C41H25N3S/c1-2-11-28(12-3-1)43-34-17-7-4-14-31(34)39-29(15-10-19-36(39)43)26-21-23-27(24-22-26)37-25-32-30-13-5-9-20-38(30)45-40(32)41-42-33-16-6-8-18-35(33)44(37)41/h1-25H. The molecular weight excluding hydrogens is 567 g/mol. The topological polar surface area (TPSA) is 22.2 Å². The Balaban J connectivity index is 1.20. The van der Waals surface area contributed by atoms with Gasteiger partial charge in [0, 0.05) is 31.9 Å². The first kappa shape index (κ1) is 24.7. The van der Waals surface area contributed by atoms with E-state index in [-0.39, 0.29) is 0 Å². The van der Waals surface area contributed by atoms with Crippen molar-refractivity contribution in [3.8, 4) is 28.1 Å². The Labute approximate surface area is 262 Å². The molecule has 45 heavy (non-hydrogen) atoms. The summed E-state index contributed by atoms with van der Waals surface area (Å²) in [5.41, 5.74) is 11.5. The van der Waals surface area contributed by atoms with Crippen LogP contribution in [0.25, 0.3) is 86.7 Å². The van der Waals surface area contributed by atoms with Gasteiger partial charge in [-0.1, -0.05) is 103 Å². The molecule has 0 aliphatic heterocycles. The first-order valence-electron chi connectivity index (χ1n) is 15.2. The van der Waals surface area contributed by atoms with Gasteiger partial charge in [-0.15, -0.1) is 11.3 Å². The minimum absolute atomic E-state index is 1.02. The fraction of sp³-hybridized carbons (Fsp3) is 0. The second kappa shape index (κ2) is 9.39. The van der Waals surface area contributed by atoms with Gasteiger partial charge in [-0.25, -0.2) is 4.98 Å². The third kappa shape index (κ3) is 3.54. The van der Waals surface area contributed by atoms with E-state index < -0.39 is 0 Å². The summed E-state index contributed by atoms with van der Waals surface area (Å²) in [7, 11) is 0. The number of para-hydroxylation sites is 4. The lowest BCUT2D eigenvalue weighted by atomic mass is 9.97. The molecule has 3 nitrogen and oxygen atoms in total. The molecule has 0 saturated heterocycles. The number of imidazole rings is 1. The number of nitrogens with zero attached hydrogens (tertiary/aromatic N) is 3. The molecule has 4 heterocycles. The van der Waals surface area contributed by atoms with Crippen molar-refractivity contribution < 1.29 is 0 Å². The first-order chi connectivity index (χ1) is 22.3. The van der Waals surface area contributed by atoms with E-state index in [1.807, 2.05) is 11.3 Å². The van der Waals surface area contributed by atoms with E-state index in [0.29, 0.717) is 0 Å². The van der Waals surface area contributed by atoms with Gasteiger partial charge in [-0.05, 0) is 65.2 Å². The summed E-state index contributed by atoms with van der Waals surface area (Å²) >= 11 is 1.83. The molecule has 0 saturated carbocycles. The van der Waals surface area contributed by atoms with Crippen molar-refractivity contribution >= 4 is 70.0 Å². The molecule has 0 amide bonds. The summed E-state index contributed by atoms with van der Waals surface area (Å²) in [6.45, 7) is 0. The fourth-order valence-corrected chi connectivity index (χ4v) is 8.31. The van der Waals surface area contributed by atoms with E-state index in [9.17, 15) is 0 Å². The maximum Gasteiger partial charge on any atom is 0.156 e. The van der Waals surface area contributed by atoms with Crippen LogP contribution >= 0.6 is 11.3 Å². The molecule has 0 N–H and O–H groups in total. The summed E-state index contributed by atoms with van der Waals surface area (Å²) in [5, 5.41) is 5.08. The van der Waals surface area contributed by atoms with Crippen LogP contribution in [0.4, 0.5) is 0 Å². The monoisotopic (exact) mass is 591 g/mol. The Morgan fingerprint density at radius 3 is 2.07 bits per heavy atom. The summed E-state index contributed by atoms with van der Waals surface area (Å²) in [5.74, 6) is 0. The third-order valence-corrected chi connectivity index (χ3v) is 10.3. The molecule has 210 valence electrons. The van der Waals surface area contributed by atoms with Gasteiger partial charge in [-0.3, -0.25) is 4.40 Å². The summed E-state index contributed by atoms with van der Waals surface area (Å²) in [6.07, 6.45) is 0. The third-order valence-electron chi connectivity index (χ3n) is 9.12. The minimum atomic E-state index is 1.02. The number of benzene rings is 6. The van der Waals surface area contributed by atoms with Crippen molar-refractivity contribution in [2.45, 2.75) is 0 Å². The molecule has 0 spiro atoms. The number of aromatic nitrogens is 3. The van der Waals surface area contributed by atoms with Crippen molar-refractivity contribution in [3.05, 3.63) is 152 Å². The van der Waals surface area contributed by atoms with Gasteiger partial charge in [0.25, 0.3) is 0 Å². The average Bonchev–Trinajstić information content (AvgIpc) is 3.78. The molecule has 0 radical (unpaired) electrons. The Hall–Kier alpha value is -5.71. The molecule has 6 aromatic carbocycles. The molecule has 10 rings (SSSR count). The molecule has 10 aromatic rings. The van der Waals surface area contributed by atoms with Crippen LogP contribution in [0.2, 0.25) is 0 Å². The van der Waals surface area contributed by atoms with E-state index in [0.717, 1.165) is 22.4 Å². The van der Waals surface area contributed by atoms with Crippen LogP contribution in [0.5, 0.6) is 0 Å². The van der Waals surface area contributed by atoms with Crippen molar-refractivity contribution in [3.63, 3.8) is 0 Å². The van der Waals surface area contributed by atoms with E-state index >= 15 is 0 Å². The summed E-state index contributed by atoms with van der Waals surface area (Å²) in [6, 6.07) is 54.7. The predicted octanol–water partition coefficient (Wildman–Crippen LogP) is 11.3. The van der Waals surface area contributed by atoms with Crippen LogP contribution in [0.3, 0.4) is 0 Å². The molecule has 0 aliphatic rings. The minimum Gasteiger partial charge on any atom is -0.309 e. The van der Waals surface area contributed by atoms with Gasteiger partial charge in [-0.2, -0.15) is 0 Å². The van der Waals surface area contributed by atoms with Crippen molar-refractivity contribution in [2.75, 3.05) is 0 Å². The smallest absolute Gasteiger partial charge is 0.156 e. The highest BCUT2D eigenvalue weighted by molar-refractivity contribution is 7.26. The number of thiophene rings is 1. The van der Waals surface area contributed by atoms with Crippen molar-refractivity contribution in [1.29, 1.82) is 0 Å². The van der Waals surface area contributed by atoms with Crippen LogP contribution in [-0.2, 0) is 0 Å².